The molecule has 0 amide bonds. The van der Waals surface area contributed by atoms with Gasteiger partial charge in [-0.05, 0) is 83.3 Å². The van der Waals surface area contributed by atoms with Crippen molar-refractivity contribution in [3.8, 4) is 22.3 Å². The average Bonchev–Trinajstić information content (AvgIpc) is 2.83. The Morgan fingerprint density at radius 3 is 2.17 bits per heavy atom. The molecule has 0 radical (unpaired) electrons. The molecule has 0 fully saturated rings. The molecule has 4 rings (SSSR count). The third-order valence-corrected chi connectivity index (χ3v) is 5.46. The van der Waals surface area contributed by atoms with Crippen LogP contribution in [-0.2, 0) is 0 Å². The molecular weight excluding hydrogens is 364 g/mol. The minimum atomic E-state index is 0.206. The minimum Gasteiger partial charge on any atom is -0.379 e. The summed E-state index contributed by atoms with van der Waals surface area (Å²) in [6, 6.07) is 26.5. The SMILES string of the molecule is C/C=C\C(=C/C)c1cc(-c2ccc(-c3ccccc3)cc2)cc(C2C=CNCN2)c1. The maximum absolute atomic E-state index is 3.53. The molecule has 0 spiro atoms. The smallest absolute Gasteiger partial charge is 0.0655 e. The Balaban J connectivity index is 1.76. The van der Waals surface area contributed by atoms with Gasteiger partial charge in [0.05, 0.1) is 12.7 Å². The predicted octanol–water partition coefficient (Wildman–Crippen LogP) is 6.71. The van der Waals surface area contributed by atoms with E-state index in [-0.39, 0.29) is 6.04 Å². The Labute approximate surface area is 179 Å². The van der Waals surface area contributed by atoms with Gasteiger partial charge in [0.1, 0.15) is 0 Å². The molecule has 2 N–H and O–H groups in total. The van der Waals surface area contributed by atoms with Gasteiger partial charge >= 0.3 is 0 Å². The van der Waals surface area contributed by atoms with Gasteiger partial charge in [-0.25, -0.2) is 0 Å². The Morgan fingerprint density at radius 1 is 0.833 bits per heavy atom. The predicted molar refractivity (Wildman–Crippen MR) is 129 cm³/mol. The second-order valence-electron chi connectivity index (χ2n) is 7.45. The van der Waals surface area contributed by atoms with Crippen molar-refractivity contribution in [1.82, 2.24) is 10.6 Å². The molecule has 3 aromatic rings. The molecule has 1 unspecified atom stereocenters. The molecule has 1 heterocycles. The van der Waals surface area contributed by atoms with Crippen molar-refractivity contribution in [3.05, 3.63) is 114 Å². The van der Waals surface area contributed by atoms with Crippen LogP contribution in [0, 0.1) is 0 Å². The quantitative estimate of drug-likeness (QED) is 0.472. The monoisotopic (exact) mass is 392 g/mol. The zero-order valence-electron chi connectivity index (χ0n) is 17.6. The van der Waals surface area contributed by atoms with E-state index >= 15 is 0 Å². The lowest BCUT2D eigenvalue weighted by Crippen LogP contribution is -2.32. The normalized spacial score (nSPS) is 16.6. The van der Waals surface area contributed by atoms with Gasteiger partial charge in [0.2, 0.25) is 0 Å². The number of allylic oxidation sites excluding steroid dienone is 4. The molecule has 3 aromatic carbocycles. The van der Waals surface area contributed by atoms with E-state index in [9.17, 15) is 0 Å². The van der Waals surface area contributed by atoms with Gasteiger partial charge in [-0.15, -0.1) is 0 Å². The van der Waals surface area contributed by atoms with E-state index in [4.69, 9.17) is 0 Å². The van der Waals surface area contributed by atoms with Crippen LogP contribution in [0.4, 0.5) is 0 Å². The highest BCUT2D eigenvalue weighted by Crippen LogP contribution is 2.31. The fourth-order valence-electron chi connectivity index (χ4n) is 3.88. The summed E-state index contributed by atoms with van der Waals surface area (Å²) in [7, 11) is 0. The van der Waals surface area contributed by atoms with Crippen LogP contribution in [0.15, 0.2) is 103 Å². The number of hydrogen-bond donors (Lipinski definition) is 2. The van der Waals surface area contributed by atoms with Crippen molar-refractivity contribution in [2.45, 2.75) is 19.9 Å². The van der Waals surface area contributed by atoms with E-state index in [2.05, 4.69) is 122 Å². The van der Waals surface area contributed by atoms with Gasteiger partial charge in [0.15, 0.2) is 0 Å². The Hall–Kier alpha value is -3.36. The summed E-state index contributed by atoms with van der Waals surface area (Å²) in [4.78, 5) is 0. The molecule has 0 aromatic heterocycles. The molecule has 1 aliphatic rings. The van der Waals surface area contributed by atoms with Crippen molar-refractivity contribution in [2.75, 3.05) is 6.67 Å². The van der Waals surface area contributed by atoms with Crippen LogP contribution in [0.1, 0.15) is 31.0 Å². The zero-order chi connectivity index (χ0) is 20.8. The van der Waals surface area contributed by atoms with Crippen LogP contribution in [0.3, 0.4) is 0 Å². The van der Waals surface area contributed by atoms with Crippen molar-refractivity contribution < 1.29 is 0 Å². The molecule has 30 heavy (non-hydrogen) atoms. The topological polar surface area (TPSA) is 24.1 Å². The van der Waals surface area contributed by atoms with Crippen LogP contribution in [0.5, 0.6) is 0 Å². The Bertz CT molecular complexity index is 1070. The fourth-order valence-corrected chi connectivity index (χ4v) is 3.88. The summed E-state index contributed by atoms with van der Waals surface area (Å²) in [5.41, 5.74) is 8.69. The molecule has 1 atom stereocenters. The first-order chi connectivity index (χ1) is 14.8. The lowest BCUT2D eigenvalue weighted by molar-refractivity contribution is 0.564. The molecule has 2 nitrogen and oxygen atoms in total. The van der Waals surface area contributed by atoms with Gasteiger partial charge in [-0.3, -0.25) is 5.32 Å². The lowest BCUT2D eigenvalue weighted by Gasteiger charge is -2.22. The molecular formula is C28H28N2. The van der Waals surface area contributed by atoms with Gasteiger partial charge in [-0.2, -0.15) is 0 Å². The van der Waals surface area contributed by atoms with Crippen LogP contribution in [0.25, 0.3) is 27.8 Å². The third-order valence-electron chi connectivity index (χ3n) is 5.46. The van der Waals surface area contributed by atoms with Crippen LogP contribution < -0.4 is 10.6 Å². The van der Waals surface area contributed by atoms with E-state index in [0.717, 1.165) is 6.67 Å². The molecule has 150 valence electrons. The molecule has 0 bridgehead atoms. The van der Waals surface area contributed by atoms with Gasteiger partial charge in [0.25, 0.3) is 0 Å². The lowest BCUT2D eigenvalue weighted by atomic mass is 9.92. The third kappa shape index (κ3) is 4.45. The van der Waals surface area contributed by atoms with E-state index in [1.807, 2.05) is 6.20 Å². The molecule has 0 saturated heterocycles. The molecule has 2 heteroatoms. The van der Waals surface area contributed by atoms with Crippen LogP contribution in [0.2, 0.25) is 0 Å². The van der Waals surface area contributed by atoms with Gasteiger partial charge < -0.3 is 5.32 Å². The highest BCUT2D eigenvalue weighted by Gasteiger charge is 2.14. The summed E-state index contributed by atoms with van der Waals surface area (Å²) in [6.45, 7) is 4.94. The highest BCUT2D eigenvalue weighted by atomic mass is 15.1. The number of nitrogens with one attached hydrogen (secondary N) is 2. The van der Waals surface area contributed by atoms with Gasteiger partial charge in [-0.1, -0.05) is 72.8 Å². The summed E-state index contributed by atoms with van der Waals surface area (Å²) in [5, 5.41) is 6.73. The first-order valence-corrected chi connectivity index (χ1v) is 10.5. The second kappa shape index (κ2) is 9.43. The Morgan fingerprint density at radius 2 is 1.53 bits per heavy atom. The molecule has 1 aliphatic heterocycles. The van der Waals surface area contributed by atoms with E-state index in [0.29, 0.717) is 0 Å². The average molecular weight is 393 g/mol. The first kappa shape index (κ1) is 19.9. The van der Waals surface area contributed by atoms with Crippen molar-refractivity contribution >= 4 is 5.57 Å². The van der Waals surface area contributed by atoms with E-state index < -0.39 is 0 Å². The maximum Gasteiger partial charge on any atom is 0.0655 e. The van der Waals surface area contributed by atoms with Crippen LogP contribution >= 0.6 is 0 Å². The zero-order valence-corrected chi connectivity index (χ0v) is 17.6. The highest BCUT2D eigenvalue weighted by molar-refractivity contribution is 5.79. The van der Waals surface area contributed by atoms with Crippen molar-refractivity contribution in [3.63, 3.8) is 0 Å². The summed E-state index contributed by atoms with van der Waals surface area (Å²) < 4.78 is 0. The minimum absolute atomic E-state index is 0.206. The Kier molecular flexibility index (Phi) is 6.26. The number of benzene rings is 3. The van der Waals surface area contributed by atoms with Gasteiger partial charge in [0, 0.05) is 0 Å². The second-order valence-corrected chi connectivity index (χ2v) is 7.45. The number of rotatable bonds is 5. The van der Waals surface area contributed by atoms with Crippen molar-refractivity contribution in [2.24, 2.45) is 0 Å². The molecule has 0 aliphatic carbocycles. The standard InChI is InChI=1S/C28H28N2/c1-3-8-21(4-2)25-17-26(19-27(18-25)28-15-16-29-20-30-28)24-13-11-23(12-14-24)22-9-6-5-7-10-22/h3-19,28-30H,20H2,1-2H3/b8-3-,21-4+. The fraction of sp³-hybridized carbons (Fsp3) is 0.143. The van der Waals surface area contributed by atoms with Crippen LogP contribution in [-0.4, -0.2) is 6.67 Å². The summed E-state index contributed by atoms with van der Waals surface area (Å²) in [5.74, 6) is 0. The first-order valence-electron chi connectivity index (χ1n) is 10.5. The van der Waals surface area contributed by atoms with E-state index in [1.54, 1.807) is 0 Å². The maximum atomic E-state index is 3.53. The summed E-state index contributed by atoms with van der Waals surface area (Å²) in [6.07, 6.45) is 10.7. The largest absolute Gasteiger partial charge is 0.379 e. The molecule has 0 saturated carbocycles. The summed E-state index contributed by atoms with van der Waals surface area (Å²) >= 11 is 0. The van der Waals surface area contributed by atoms with Crippen molar-refractivity contribution in [1.29, 1.82) is 0 Å². The van der Waals surface area contributed by atoms with E-state index in [1.165, 1.54) is 39.0 Å². The number of hydrogen-bond acceptors (Lipinski definition) is 2.